The van der Waals surface area contributed by atoms with Gasteiger partial charge in [-0.05, 0) is 19.1 Å². The summed E-state index contributed by atoms with van der Waals surface area (Å²) in [6.07, 6.45) is 0. The summed E-state index contributed by atoms with van der Waals surface area (Å²) in [4.78, 5) is 13.5. The molecule has 0 unspecified atom stereocenters. The number of likely N-dealkylation sites (N-methyl/N-ethyl adjacent to an activating group) is 1. The van der Waals surface area contributed by atoms with Crippen molar-refractivity contribution in [3.05, 3.63) is 24.3 Å². The van der Waals surface area contributed by atoms with E-state index in [2.05, 4.69) is 0 Å². The third kappa shape index (κ3) is 4.63. The number of nitrogens with two attached hydrogens (primary N) is 1. The van der Waals surface area contributed by atoms with Crippen LogP contribution < -0.4 is 10.5 Å². The fourth-order valence-electron chi connectivity index (χ4n) is 1.50. The predicted octanol–water partition coefficient (Wildman–Crippen LogP) is 1.14. The third-order valence-electron chi connectivity index (χ3n) is 2.52. The van der Waals surface area contributed by atoms with Crippen LogP contribution in [0.25, 0.3) is 0 Å². The van der Waals surface area contributed by atoms with Gasteiger partial charge in [-0.25, -0.2) is 0 Å². The minimum atomic E-state index is -0.0584. The van der Waals surface area contributed by atoms with E-state index in [4.69, 9.17) is 15.2 Å². The van der Waals surface area contributed by atoms with Gasteiger partial charge in [0.15, 0.2) is 6.61 Å². The molecule has 1 aromatic carbocycles. The topological polar surface area (TPSA) is 64.8 Å². The van der Waals surface area contributed by atoms with E-state index in [1.54, 1.807) is 36.3 Å². The second-order valence-electron chi connectivity index (χ2n) is 3.83. The van der Waals surface area contributed by atoms with E-state index in [1.807, 2.05) is 6.92 Å². The molecule has 2 N–H and O–H groups in total. The van der Waals surface area contributed by atoms with Gasteiger partial charge in [-0.2, -0.15) is 0 Å². The summed E-state index contributed by atoms with van der Waals surface area (Å²) in [5.74, 6) is 0.545. The Labute approximate surface area is 107 Å². The van der Waals surface area contributed by atoms with E-state index in [-0.39, 0.29) is 12.5 Å². The summed E-state index contributed by atoms with van der Waals surface area (Å²) < 4.78 is 10.4. The fourth-order valence-corrected chi connectivity index (χ4v) is 1.50. The van der Waals surface area contributed by atoms with Gasteiger partial charge in [-0.15, -0.1) is 0 Å². The maximum absolute atomic E-state index is 11.9. The number of rotatable bonds is 7. The minimum Gasteiger partial charge on any atom is -0.484 e. The van der Waals surface area contributed by atoms with Crippen LogP contribution in [-0.4, -0.2) is 44.2 Å². The van der Waals surface area contributed by atoms with E-state index < -0.39 is 0 Å². The van der Waals surface area contributed by atoms with E-state index >= 15 is 0 Å². The van der Waals surface area contributed by atoms with Gasteiger partial charge < -0.3 is 20.1 Å². The highest BCUT2D eigenvalue weighted by molar-refractivity contribution is 5.77. The van der Waals surface area contributed by atoms with E-state index in [1.165, 1.54) is 0 Å². The number of carbonyl (C=O) groups is 1. The lowest BCUT2D eigenvalue weighted by Crippen LogP contribution is -2.37. The molecule has 0 fully saturated rings. The molecule has 1 aromatic rings. The highest BCUT2D eigenvalue weighted by Crippen LogP contribution is 2.14. The van der Waals surface area contributed by atoms with Crippen LogP contribution in [0.15, 0.2) is 24.3 Å². The van der Waals surface area contributed by atoms with Crippen LogP contribution >= 0.6 is 0 Å². The van der Waals surface area contributed by atoms with E-state index in [0.717, 1.165) is 0 Å². The Bertz CT molecular complexity index is 382. The second kappa shape index (κ2) is 7.55. The first-order chi connectivity index (χ1) is 8.67. The average Bonchev–Trinajstić information content (AvgIpc) is 2.37. The van der Waals surface area contributed by atoms with Gasteiger partial charge in [0.25, 0.3) is 5.91 Å². The largest absolute Gasteiger partial charge is 0.484 e. The minimum absolute atomic E-state index is 0.0149. The van der Waals surface area contributed by atoms with Gasteiger partial charge in [0.2, 0.25) is 0 Å². The van der Waals surface area contributed by atoms with Crippen molar-refractivity contribution in [3.8, 4) is 5.75 Å². The molecule has 5 heteroatoms. The number of amides is 1. The lowest BCUT2D eigenvalue weighted by Gasteiger charge is -2.20. The number of nitrogens with zero attached hydrogens (tertiary/aromatic N) is 1. The molecule has 0 atom stereocenters. The molecule has 0 heterocycles. The first-order valence-corrected chi connectivity index (χ1v) is 5.92. The molecule has 5 nitrogen and oxygen atoms in total. The Morgan fingerprint density at radius 1 is 1.44 bits per heavy atom. The lowest BCUT2D eigenvalue weighted by molar-refractivity contribution is -0.133. The molecule has 0 radical (unpaired) electrons. The lowest BCUT2D eigenvalue weighted by atomic mass is 10.3. The van der Waals surface area contributed by atoms with Crippen molar-refractivity contribution in [1.29, 1.82) is 0 Å². The number of anilines is 1. The zero-order valence-corrected chi connectivity index (χ0v) is 10.9. The van der Waals surface area contributed by atoms with Gasteiger partial charge in [-0.1, -0.05) is 6.07 Å². The van der Waals surface area contributed by atoms with Crippen LogP contribution in [0.4, 0.5) is 5.69 Å². The molecule has 0 saturated heterocycles. The van der Waals surface area contributed by atoms with Gasteiger partial charge in [0.05, 0.1) is 6.61 Å². The van der Waals surface area contributed by atoms with Crippen LogP contribution in [0.5, 0.6) is 5.75 Å². The number of benzene rings is 1. The summed E-state index contributed by atoms with van der Waals surface area (Å²) in [5.41, 5.74) is 6.24. The van der Waals surface area contributed by atoms with Crippen molar-refractivity contribution in [1.82, 2.24) is 4.90 Å². The Kier molecular flexibility index (Phi) is 6.00. The molecule has 0 saturated carbocycles. The predicted molar refractivity (Wildman–Crippen MR) is 70.5 cm³/mol. The van der Waals surface area contributed by atoms with Gasteiger partial charge >= 0.3 is 0 Å². The number of nitrogen functional groups attached to an aromatic ring is 1. The summed E-state index contributed by atoms with van der Waals surface area (Å²) >= 11 is 0. The number of hydrogen-bond donors (Lipinski definition) is 1. The normalized spacial score (nSPS) is 10.1. The van der Waals surface area contributed by atoms with Gasteiger partial charge in [0.1, 0.15) is 5.75 Å². The zero-order valence-electron chi connectivity index (χ0n) is 10.9. The van der Waals surface area contributed by atoms with Gasteiger partial charge in [0, 0.05) is 32.0 Å². The van der Waals surface area contributed by atoms with Crippen molar-refractivity contribution < 1.29 is 14.3 Å². The Morgan fingerprint density at radius 3 is 2.83 bits per heavy atom. The van der Waals surface area contributed by atoms with Crippen molar-refractivity contribution in [2.45, 2.75) is 6.92 Å². The van der Waals surface area contributed by atoms with Crippen LogP contribution in [0.2, 0.25) is 0 Å². The van der Waals surface area contributed by atoms with Crippen LogP contribution in [0.1, 0.15) is 6.92 Å². The molecule has 0 aliphatic heterocycles. The molecule has 0 aromatic heterocycles. The van der Waals surface area contributed by atoms with Crippen molar-refractivity contribution in [2.24, 2.45) is 0 Å². The summed E-state index contributed by atoms with van der Waals surface area (Å²) in [6.45, 7) is 3.68. The van der Waals surface area contributed by atoms with Crippen LogP contribution in [-0.2, 0) is 9.53 Å². The summed E-state index contributed by atoms with van der Waals surface area (Å²) in [5, 5.41) is 0. The number of hydrogen-bond acceptors (Lipinski definition) is 4. The second-order valence-corrected chi connectivity index (χ2v) is 3.83. The fraction of sp³-hybridized carbons (Fsp3) is 0.462. The Balaban J connectivity index is 2.44. The van der Waals surface area contributed by atoms with Crippen molar-refractivity contribution in [3.63, 3.8) is 0 Å². The van der Waals surface area contributed by atoms with Gasteiger partial charge in [-0.3, -0.25) is 4.79 Å². The monoisotopic (exact) mass is 252 g/mol. The maximum Gasteiger partial charge on any atom is 0.260 e. The summed E-state index contributed by atoms with van der Waals surface area (Å²) in [6, 6.07) is 7.02. The highest BCUT2D eigenvalue weighted by atomic mass is 16.5. The molecule has 0 aliphatic rings. The molecular formula is C13H20N2O3. The van der Waals surface area contributed by atoms with Crippen molar-refractivity contribution in [2.75, 3.05) is 39.1 Å². The molecule has 0 spiro atoms. The maximum atomic E-state index is 11.9. The molecule has 1 rings (SSSR count). The quantitative estimate of drug-likeness (QED) is 0.739. The Morgan fingerprint density at radius 2 is 2.22 bits per heavy atom. The number of ether oxygens (including phenoxy) is 2. The average molecular weight is 252 g/mol. The summed E-state index contributed by atoms with van der Waals surface area (Å²) in [7, 11) is 1.61. The molecule has 18 heavy (non-hydrogen) atoms. The molecule has 0 aliphatic carbocycles. The number of carbonyl (C=O) groups excluding carboxylic acids is 1. The molecule has 1 amide bonds. The molecule has 0 bridgehead atoms. The highest BCUT2D eigenvalue weighted by Gasteiger charge is 2.11. The van der Waals surface area contributed by atoms with E-state index in [0.29, 0.717) is 31.1 Å². The molecular weight excluding hydrogens is 232 g/mol. The third-order valence-corrected chi connectivity index (χ3v) is 2.52. The zero-order chi connectivity index (χ0) is 13.4. The smallest absolute Gasteiger partial charge is 0.260 e. The SMILES string of the molecule is CCN(CCOC)C(=O)COc1cccc(N)c1. The number of methoxy groups -OCH3 is 1. The molecule has 100 valence electrons. The van der Waals surface area contributed by atoms with Crippen LogP contribution in [0.3, 0.4) is 0 Å². The first-order valence-electron chi connectivity index (χ1n) is 5.92. The first kappa shape index (κ1) is 14.3. The van der Waals surface area contributed by atoms with E-state index in [9.17, 15) is 4.79 Å². The standard InChI is InChI=1S/C13H20N2O3/c1-3-15(7-8-17-2)13(16)10-18-12-6-4-5-11(14)9-12/h4-6,9H,3,7-8,10,14H2,1-2H3. The van der Waals surface area contributed by atoms with Crippen molar-refractivity contribution >= 4 is 11.6 Å². The Hall–Kier alpha value is -1.75. The van der Waals surface area contributed by atoms with Crippen LogP contribution in [0, 0.1) is 0 Å².